The molecule has 0 aliphatic carbocycles. The molecule has 1 N–H and O–H groups in total. The van der Waals surface area contributed by atoms with Crippen LogP contribution in [0.25, 0.3) is 5.78 Å². The number of thiophene rings is 1. The molecular formula is C12H12ClN5S. The molecule has 0 radical (unpaired) electrons. The Hall–Kier alpha value is -1.66. The first-order chi connectivity index (χ1) is 9.15. The second-order valence-corrected chi connectivity index (χ2v) is 5.94. The Morgan fingerprint density at radius 1 is 1.37 bits per heavy atom. The zero-order valence-electron chi connectivity index (χ0n) is 10.5. The third-order valence-electron chi connectivity index (χ3n) is 2.83. The summed E-state index contributed by atoms with van der Waals surface area (Å²) in [4.78, 5) is 10.8. The summed E-state index contributed by atoms with van der Waals surface area (Å²) in [7, 11) is 0. The molecule has 3 rings (SSSR count). The van der Waals surface area contributed by atoms with E-state index in [1.807, 2.05) is 6.92 Å². The predicted molar refractivity (Wildman–Crippen MR) is 76.9 cm³/mol. The molecular weight excluding hydrogens is 282 g/mol. The van der Waals surface area contributed by atoms with Crippen molar-refractivity contribution in [1.82, 2.24) is 19.6 Å². The molecule has 0 aliphatic rings. The monoisotopic (exact) mass is 293 g/mol. The first kappa shape index (κ1) is 12.4. The molecule has 0 amide bonds. The SMILES string of the molecule is Cc1ccc(CNc2c(C)c(Cl)nc3ncnn23)s1. The Kier molecular flexibility index (Phi) is 3.12. The quantitative estimate of drug-likeness (QED) is 0.754. The van der Waals surface area contributed by atoms with Gasteiger partial charge in [-0.25, -0.2) is 0 Å². The van der Waals surface area contributed by atoms with E-state index < -0.39 is 0 Å². The van der Waals surface area contributed by atoms with Crippen molar-refractivity contribution in [1.29, 1.82) is 0 Å². The number of hydrogen-bond acceptors (Lipinski definition) is 5. The zero-order chi connectivity index (χ0) is 13.4. The van der Waals surface area contributed by atoms with Crippen LogP contribution in [0.4, 0.5) is 5.82 Å². The van der Waals surface area contributed by atoms with E-state index in [-0.39, 0.29) is 0 Å². The molecule has 0 spiro atoms. The molecule has 0 aromatic carbocycles. The van der Waals surface area contributed by atoms with E-state index in [0.29, 0.717) is 10.9 Å². The number of nitrogens with one attached hydrogen (secondary N) is 1. The molecule has 0 aliphatic heterocycles. The third kappa shape index (κ3) is 2.29. The standard InChI is InChI=1S/C12H12ClN5S/c1-7-3-4-9(19-7)5-14-11-8(2)10(13)17-12-15-6-16-18(11)12/h3-4,6,14H,5H2,1-2H3. The van der Waals surface area contributed by atoms with Crippen LogP contribution >= 0.6 is 22.9 Å². The predicted octanol–water partition coefficient (Wildman–Crippen LogP) is 3.07. The van der Waals surface area contributed by atoms with Crippen LogP contribution in [-0.2, 0) is 6.54 Å². The molecule has 0 saturated heterocycles. The van der Waals surface area contributed by atoms with Gasteiger partial charge in [0, 0.05) is 15.3 Å². The smallest absolute Gasteiger partial charge is 0.255 e. The van der Waals surface area contributed by atoms with Gasteiger partial charge in [0.2, 0.25) is 0 Å². The van der Waals surface area contributed by atoms with Crippen LogP contribution in [0.15, 0.2) is 18.5 Å². The van der Waals surface area contributed by atoms with Crippen molar-refractivity contribution < 1.29 is 0 Å². The van der Waals surface area contributed by atoms with Crippen molar-refractivity contribution >= 4 is 34.5 Å². The van der Waals surface area contributed by atoms with Crippen molar-refractivity contribution in [2.24, 2.45) is 0 Å². The normalized spacial score (nSPS) is 11.1. The molecule has 19 heavy (non-hydrogen) atoms. The van der Waals surface area contributed by atoms with E-state index in [1.54, 1.807) is 15.9 Å². The molecule has 0 saturated carbocycles. The number of halogens is 1. The van der Waals surface area contributed by atoms with Crippen LogP contribution in [0.2, 0.25) is 5.15 Å². The first-order valence-electron chi connectivity index (χ1n) is 5.80. The van der Waals surface area contributed by atoms with Crippen molar-refractivity contribution in [3.63, 3.8) is 0 Å². The number of hydrogen-bond donors (Lipinski definition) is 1. The highest BCUT2D eigenvalue weighted by molar-refractivity contribution is 7.11. The average Bonchev–Trinajstić information content (AvgIpc) is 2.99. The second-order valence-electron chi connectivity index (χ2n) is 4.21. The summed E-state index contributed by atoms with van der Waals surface area (Å²) >= 11 is 7.87. The van der Waals surface area contributed by atoms with E-state index in [0.717, 1.165) is 17.9 Å². The average molecular weight is 294 g/mol. The fourth-order valence-corrected chi connectivity index (χ4v) is 2.85. The molecule has 3 aromatic heterocycles. The Balaban J connectivity index is 1.95. The Morgan fingerprint density at radius 2 is 2.21 bits per heavy atom. The van der Waals surface area contributed by atoms with Gasteiger partial charge in [-0.15, -0.1) is 11.3 Å². The minimum atomic E-state index is 0.449. The summed E-state index contributed by atoms with van der Waals surface area (Å²) < 4.78 is 1.67. The summed E-state index contributed by atoms with van der Waals surface area (Å²) in [5.74, 6) is 1.33. The summed E-state index contributed by atoms with van der Waals surface area (Å²) in [5.41, 5.74) is 0.868. The minimum absolute atomic E-state index is 0.449. The molecule has 0 bridgehead atoms. The van der Waals surface area contributed by atoms with Gasteiger partial charge in [-0.05, 0) is 26.0 Å². The van der Waals surface area contributed by atoms with Crippen LogP contribution in [0.1, 0.15) is 15.3 Å². The van der Waals surface area contributed by atoms with Crippen LogP contribution < -0.4 is 5.32 Å². The topological polar surface area (TPSA) is 55.1 Å². The number of fused-ring (bicyclic) bond motifs is 1. The number of aryl methyl sites for hydroxylation is 1. The van der Waals surface area contributed by atoms with Gasteiger partial charge in [-0.3, -0.25) is 0 Å². The fraction of sp³-hybridized carbons (Fsp3) is 0.250. The maximum Gasteiger partial charge on any atom is 0.255 e. The fourth-order valence-electron chi connectivity index (χ4n) is 1.86. The maximum atomic E-state index is 6.11. The molecule has 98 valence electrons. The lowest BCUT2D eigenvalue weighted by Gasteiger charge is -2.10. The lowest BCUT2D eigenvalue weighted by atomic mass is 10.3. The number of rotatable bonds is 3. The van der Waals surface area contributed by atoms with E-state index in [4.69, 9.17) is 11.6 Å². The molecule has 3 heterocycles. The Morgan fingerprint density at radius 3 is 2.95 bits per heavy atom. The Labute approximate surface area is 119 Å². The highest BCUT2D eigenvalue weighted by Crippen LogP contribution is 2.23. The van der Waals surface area contributed by atoms with E-state index in [1.165, 1.54) is 16.1 Å². The lowest BCUT2D eigenvalue weighted by Crippen LogP contribution is -2.08. The highest BCUT2D eigenvalue weighted by Gasteiger charge is 2.12. The van der Waals surface area contributed by atoms with Gasteiger partial charge >= 0.3 is 0 Å². The van der Waals surface area contributed by atoms with Gasteiger partial charge in [-0.2, -0.15) is 19.6 Å². The van der Waals surface area contributed by atoms with Crippen molar-refractivity contribution in [3.05, 3.63) is 38.9 Å². The maximum absolute atomic E-state index is 6.11. The van der Waals surface area contributed by atoms with E-state index >= 15 is 0 Å². The summed E-state index contributed by atoms with van der Waals surface area (Å²) in [5, 5.41) is 7.97. The van der Waals surface area contributed by atoms with Crippen LogP contribution in [-0.4, -0.2) is 19.6 Å². The molecule has 0 atom stereocenters. The number of nitrogens with zero attached hydrogens (tertiary/aromatic N) is 4. The first-order valence-corrected chi connectivity index (χ1v) is 6.99. The molecule has 0 unspecified atom stereocenters. The zero-order valence-corrected chi connectivity index (χ0v) is 12.1. The van der Waals surface area contributed by atoms with E-state index in [2.05, 4.69) is 39.4 Å². The molecule has 7 heteroatoms. The van der Waals surface area contributed by atoms with Gasteiger partial charge in [0.05, 0.1) is 6.54 Å². The second kappa shape index (κ2) is 4.79. The highest BCUT2D eigenvalue weighted by atomic mass is 35.5. The van der Waals surface area contributed by atoms with Gasteiger partial charge in [0.25, 0.3) is 5.78 Å². The summed E-state index contributed by atoms with van der Waals surface area (Å²) in [6.45, 7) is 4.74. The van der Waals surface area contributed by atoms with Crippen LogP contribution in [0.3, 0.4) is 0 Å². The van der Waals surface area contributed by atoms with Gasteiger partial charge in [0.15, 0.2) is 0 Å². The lowest BCUT2D eigenvalue weighted by molar-refractivity contribution is 0.917. The number of anilines is 1. The van der Waals surface area contributed by atoms with Gasteiger partial charge in [0.1, 0.15) is 17.3 Å². The molecule has 5 nitrogen and oxygen atoms in total. The van der Waals surface area contributed by atoms with Crippen molar-refractivity contribution in [2.45, 2.75) is 20.4 Å². The molecule has 3 aromatic rings. The minimum Gasteiger partial charge on any atom is -0.365 e. The van der Waals surface area contributed by atoms with Gasteiger partial charge < -0.3 is 5.32 Å². The largest absolute Gasteiger partial charge is 0.365 e. The summed E-state index contributed by atoms with van der Waals surface area (Å²) in [6, 6.07) is 4.22. The summed E-state index contributed by atoms with van der Waals surface area (Å²) in [6.07, 6.45) is 1.47. The number of aromatic nitrogens is 4. The van der Waals surface area contributed by atoms with Crippen molar-refractivity contribution in [3.8, 4) is 0 Å². The van der Waals surface area contributed by atoms with Crippen molar-refractivity contribution in [2.75, 3.05) is 5.32 Å². The van der Waals surface area contributed by atoms with E-state index in [9.17, 15) is 0 Å². The van der Waals surface area contributed by atoms with Crippen LogP contribution in [0.5, 0.6) is 0 Å². The third-order valence-corrected chi connectivity index (χ3v) is 4.20. The Bertz CT molecular complexity index is 733. The van der Waals surface area contributed by atoms with Crippen LogP contribution in [0, 0.1) is 13.8 Å². The molecule has 0 fully saturated rings. The van der Waals surface area contributed by atoms with Gasteiger partial charge in [-0.1, -0.05) is 11.6 Å².